The van der Waals surface area contributed by atoms with Crippen LogP contribution in [0, 0.1) is 0 Å². The maximum Gasteiger partial charge on any atom is 0.335 e. The molecule has 0 bridgehead atoms. The van der Waals surface area contributed by atoms with Gasteiger partial charge in [-0.15, -0.1) is 0 Å². The summed E-state index contributed by atoms with van der Waals surface area (Å²) in [7, 11) is 1.42. The predicted molar refractivity (Wildman–Crippen MR) is 105 cm³/mol. The highest BCUT2D eigenvalue weighted by Gasteiger charge is 2.12. The molecule has 0 aliphatic rings. The SMILES string of the molecule is COc1cc(/C=C(\Cl)c2nc3cc(C(=O)O)ccc3c(=O)[nH]2)cc(Br)c1O. The Hall–Kier alpha value is -2.84. The standard InChI is InChI=1S/C18H12BrClN2O5/c1-27-14-6-8(4-11(19)15(14)23)5-12(20)16-21-13-7-9(18(25)26)2-3-10(13)17(24)22-16/h2-7,23H,1H3,(H,25,26)(H,21,22,24)/b12-5-. The minimum Gasteiger partial charge on any atom is -0.503 e. The van der Waals surface area contributed by atoms with Gasteiger partial charge in [0.05, 0.1) is 33.1 Å². The average molecular weight is 452 g/mol. The lowest BCUT2D eigenvalue weighted by Crippen LogP contribution is -2.11. The molecule has 9 heteroatoms. The number of phenolic OH excluding ortho intramolecular Hbond substituents is 1. The number of rotatable bonds is 4. The van der Waals surface area contributed by atoms with E-state index in [2.05, 4.69) is 25.9 Å². The van der Waals surface area contributed by atoms with Gasteiger partial charge in [0.25, 0.3) is 5.56 Å². The fraction of sp³-hybridized carbons (Fsp3) is 0.0556. The highest BCUT2D eigenvalue weighted by Crippen LogP contribution is 2.36. The molecule has 3 N–H and O–H groups in total. The number of nitrogens with one attached hydrogen (secondary N) is 1. The first-order chi connectivity index (χ1) is 12.8. The Labute approximate surface area is 166 Å². The van der Waals surface area contributed by atoms with Gasteiger partial charge in [-0.2, -0.15) is 0 Å². The Balaban J connectivity index is 2.11. The van der Waals surface area contributed by atoms with Gasteiger partial charge in [-0.05, 0) is 57.9 Å². The maximum absolute atomic E-state index is 12.2. The van der Waals surface area contributed by atoms with Crippen molar-refractivity contribution >= 4 is 55.5 Å². The quantitative estimate of drug-likeness (QED) is 0.556. The Kier molecular flexibility index (Phi) is 5.20. The Morgan fingerprint density at radius 2 is 2.07 bits per heavy atom. The first-order valence-electron chi connectivity index (χ1n) is 7.51. The molecule has 0 fully saturated rings. The van der Waals surface area contributed by atoms with Gasteiger partial charge in [-0.25, -0.2) is 9.78 Å². The molecule has 0 unspecified atom stereocenters. The number of carboxylic acid groups (broad SMARTS) is 1. The number of aromatic carboxylic acids is 1. The van der Waals surface area contributed by atoms with Gasteiger partial charge < -0.3 is 19.9 Å². The third-order valence-electron chi connectivity index (χ3n) is 3.74. The molecule has 0 saturated heterocycles. The van der Waals surface area contributed by atoms with E-state index in [4.69, 9.17) is 21.4 Å². The molecule has 0 saturated carbocycles. The summed E-state index contributed by atoms with van der Waals surface area (Å²) in [6, 6.07) is 7.21. The largest absolute Gasteiger partial charge is 0.503 e. The van der Waals surface area contributed by atoms with Gasteiger partial charge in [0.15, 0.2) is 17.3 Å². The van der Waals surface area contributed by atoms with Crippen molar-refractivity contribution in [3.8, 4) is 11.5 Å². The molecule has 1 heterocycles. The number of aromatic amines is 1. The molecule has 0 spiro atoms. The molecule has 3 aromatic rings. The number of nitrogens with zero attached hydrogens (tertiary/aromatic N) is 1. The number of aromatic hydroxyl groups is 1. The van der Waals surface area contributed by atoms with Gasteiger partial charge in [0.1, 0.15) is 0 Å². The van der Waals surface area contributed by atoms with Gasteiger partial charge >= 0.3 is 5.97 Å². The molecular formula is C18H12BrClN2O5. The third kappa shape index (κ3) is 3.81. The van der Waals surface area contributed by atoms with Crippen molar-refractivity contribution in [2.75, 3.05) is 7.11 Å². The summed E-state index contributed by atoms with van der Waals surface area (Å²) in [4.78, 5) is 30.2. The maximum atomic E-state index is 12.2. The van der Waals surface area contributed by atoms with Crippen LogP contribution >= 0.6 is 27.5 Å². The van der Waals surface area contributed by atoms with Crippen LogP contribution in [0.15, 0.2) is 39.6 Å². The number of hydrogen-bond donors (Lipinski definition) is 3. The number of carbonyl (C=O) groups is 1. The molecule has 2 aromatic carbocycles. The van der Waals surface area contributed by atoms with Gasteiger partial charge in [-0.1, -0.05) is 11.6 Å². The number of methoxy groups -OCH3 is 1. The molecule has 3 rings (SSSR count). The number of phenols is 1. The Morgan fingerprint density at radius 3 is 2.74 bits per heavy atom. The number of H-pyrrole nitrogens is 1. The monoisotopic (exact) mass is 450 g/mol. The van der Waals surface area contributed by atoms with Crippen molar-refractivity contribution in [1.82, 2.24) is 9.97 Å². The first kappa shape index (κ1) is 18.9. The zero-order valence-corrected chi connectivity index (χ0v) is 16.1. The molecule has 0 atom stereocenters. The van der Waals surface area contributed by atoms with Crippen LogP contribution in [0.2, 0.25) is 0 Å². The number of halogens is 2. The number of aromatic nitrogens is 2. The van der Waals surface area contributed by atoms with Crippen molar-refractivity contribution in [2.24, 2.45) is 0 Å². The second-order valence-corrected chi connectivity index (χ2v) is 6.76. The molecule has 7 nitrogen and oxygen atoms in total. The first-order valence-corrected chi connectivity index (χ1v) is 8.68. The summed E-state index contributed by atoms with van der Waals surface area (Å²) in [5, 5.41) is 19.3. The van der Waals surface area contributed by atoms with E-state index in [1.807, 2.05) is 0 Å². The zero-order valence-electron chi connectivity index (χ0n) is 13.8. The molecule has 138 valence electrons. The lowest BCUT2D eigenvalue weighted by atomic mass is 10.1. The summed E-state index contributed by atoms with van der Waals surface area (Å²) in [6.45, 7) is 0. The second kappa shape index (κ2) is 7.42. The Bertz CT molecular complexity index is 1160. The molecular weight excluding hydrogens is 440 g/mol. The smallest absolute Gasteiger partial charge is 0.335 e. The fourth-order valence-corrected chi connectivity index (χ4v) is 3.11. The lowest BCUT2D eigenvalue weighted by molar-refractivity contribution is 0.0697. The van der Waals surface area contributed by atoms with E-state index in [1.54, 1.807) is 12.1 Å². The summed E-state index contributed by atoms with van der Waals surface area (Å²) >= 11 is 9.51. The van der Waals surface area contributed by atoms with E-state index in [1.165, 1.54) is 31.4 Å². The van der Waals surface area contributed by atoms with E-state index in [0.717, 1.165) is 0 Å². The predicted octanol–water partition coefficient (Wildman–Crippen LogP) is 3.83. The van der Waals surface area contributed by atoms with Crippen molar-refractivity contribution in [3.05, 3.63) is 62.1 Å². The summed E-state index contributed by atoms with van der Waals surface area (Å²) in [6.07, 6.45) is 1.53. The number of hydrogen-bond acceptors (Lipinski definition) is 5. The van der Waals surface area contributed by atoms with Crippen LogP contribution in [-0.4, -0.2) is 33.3 Å². The number of fused-ring (bicyclic) bond motifs is 1. The normalized spacial score (nSPS) is 11.6. The van der Waals surface area contributed by atoms with Crippen LogP contribution in [0.25, 0.3) is 22.0 Å². The van der Waals surface area contributed by atoms with Gasteiger partial charge in [-0.3, -0.25) is 4.79 Å². The number of carboxylic acids is 1. The molecule has 0 aliphatic carbocycles. The second-order valence-electron chi connectivity index (χ2n) is 5.50. The van der Waals surface area contributed by atoms with Crippen LogP contribution in [0.1, 0.15) is 21.7 Å². The van der Waals surface area contributed by atoms with E-state index >= 15 is 0 Å². The topological polar surface area (TPSA) is 113 Å². The molecule has 0 amide bonds. The molecule has 0 radical (unpaired) electrons. The van der Waals surface area contributed by atoms with Crippen LogP contribution < -0.4 is 10.3 Å². The van der Waals surface area contributed by atoms with Crippen LogP contribution in [-0.2, 0) is 0 Å². The third-order valence-corrected chi connectivity index (χ3v) is 4.64. The van der Waals surface area contributed by atoms with Crippen LogP contribution in [0.5, 0.6) is 11.5 Å². The fourth-order valence-electron chi connectivity index (χ4n) is 2.43. The van der Waals surface area contributed by atoms with Crippen molar-refractivity contribution in [3.63, 3.8) is 0 Å². The lowest BCUT2D eigenvalue weighted by Gasteiger charge is -2.07. The van der Waals surface area contributed by atoms with E-state index in [-0.39, 0.29) is 38.8 Å². The Morgan fingerprint density at radius 1 is 1.33 bits per heavy atom. The van der Waals surface area contributed by atoms with E-state index in [0.29, 0.717) is 10.0 Å². The van der Waals surface area contributed by atoms with Crippen molar-refractivity contribution in [1.29, 1.82) is 0 Å². The number of benzene rings is 2. The summed E-state index contributed by atoms with van der Waals surface area (Å²) in [5.74, 6) is -0.849. The van der Waals surface area contributed by atoms with Gasteiger partial charge in [0, 0.05) is 0 Å². The summed E-state index contributed by atoms with van der Waals surface area (Å²) < 4.78 is 5.49. The molecule has 27 heavy (non-hydrogen) atoms. The average Bonchev–Trinajstić information content (AvgIpc) is 2.63. The minimum absolute atomic E-state index is 0.0128. The molecule has 1 aromatic heterocycles. The van der Waals surface area contributed by atoms with Crippen molar-refractivity contribution in [2.45, 2.75) is 0 Å². The van der Waals surface area contributed by atoms with Crippen LogP contribution in [0.4, 0.5) is 0 Å². The highest BCUT2D eigenvalue weighted by atomic mass is 79.9. The summed E-state index contributed by atoms with van der Waals surface area (Å²) in [5.41, 5.74) is 0.370. The molecule has 0 aliphatic heterocycles. The minimum atomic E-state index is -1.12. The van der Waals surface area contributed by atoms with E-state index in [9.17, 15) is 14.7 Å². The van der Waals surface area contributed by atoms with Gasteiger partial charge in [0.2, 0.25) is 0 Å². The highest BCUT2D eigenvalue weighted by molar-refractivity contribution is 9.10. The number of ether oxygens (including phenoxy) is 1. The van der Waals surface area contributed by atoms with Crippen LogP contribution in [0.3, 0.4) is 0 Å². The van der Waals surface area contributed by atoms with Crippen molar-refractivity contribution < 1.29 is 19.7 Å². The van der Waals surface area contributed by atoms with E-state index < -0.39 is 11.5 Å². The zero-order chi connectivity index (χ0) is 19.7.